The van der Waals surface area contributed by atoms with Gasteiger partial charge in [-0.1, -0.05) is 77.0 Å². The second-order valence-electron chi connectivity index (χ2n) is 12.2. The van der Waals surface area contributed by atoms with E-state index in [2.05, 4.69) is 9.80 Å². The van der Waals surface area contributed by atoms with Crippen molar-refractivity contribution in [1.82, 2.24) is 9.80 Å². The van der Waals surface area contributed by atoms with Gasteiger partial charge in [-0.3, -0.25) is 9.59 Å². The summed E-state index contributed by atoms with van der Waals surface area (Å²) >= 11 is 0. The third-order valence-corrected chi connectivity index (χ3v) is 9.72. The average molecular weight is 529 g/mol. The van der Waals surface area contributed by atoms with Crippen molar-refractivity contribution in [2.75, 3.05) is 0 Å². The van der Waals surface area contributed by atoms with Gasteiger partial charge in [0.15, 0.2) is 0 Å². The highest BCUT2D eigenvalue weighted by Crippen LogP contribution is 2.33. The lowest BCUT2D eigenvalue weighted by atomic mass is 9.87. The third-order valence-electron chi connectivity index (χ3n) is 9.72. The standard InChI is InChI=1S/C32H48N2O2.ClH/c35-31(33(27-13-5-1-6-14-27)28-15-7-2-8-16-28)25-21-23-26(24-22-25)32(36)34(29-17-9-3-10-18-29)30-19-11-4-12-20-30;/h21-24,27-30H,1-20H2;1H. The Morgan fingerprint density at radius 2 is 0.649 bits per heavy atom. The molecule has 0 aromatic heterocycles. The van der Waals surface area contributed by atoms with E-state index in [-0.39, 0.29) is 24.2 Å². The fraction of sp³-hybridized carbons (Fsp3) is 0.750. The molecular weight excluding hydrogens is 480 g/mol. The fourth-order valence-corrected chi connectivity index (χ4v) is 7.75. The zero-order chi connectivity index (χ0) is 24.7. The lowest BCUT2D eigenvalue weighted by Crippen LogP contribution is -2.49. The number of amides is 2. The number of hydrogen-bond acceptors (Lipinski definition) is 2. The largest absolute Gasteiger partial charge is 0.333 e. The van der Waals surface area contributed by atoms with E-state index in [4.69, 9.17) is 0 Å². The van der Waals surface area contributed by atoms with Crippen LogP contribution in [-0.2, 0) is 0 Å². The van der Waals surface area contributed by atoms with Gasteiger partial charge >= 0.3 is 0 Å². The summed E-state index contributed by atoms with van der Waals surface area (Å²) in [6.07, 6.45) is 24.4. The topological polar surface area (TPSA) is 40.6 Å². The van der Waals surface area contributed by atoms with Gasteiger partial charge in [0.2, 0.25) is 0 Å². The van der Waals surface area contributed by atoms with E-state index in [0.29, 0.717) is 24.2 Å². The van der Waals surface area contributed by atoms with Crippen molar-refractivity contribution in [3.63, 3.8) is 0 Å². The van der Waals surface area contributed by atoms with Gasteiger partial charge in [-0.2, -0.15) is 0 Å². The molecule has 4 aliphatic carbocycles. The third kappa shape index (κ3) is 6.91. The average Bonchev–Trinajstić information content (AvgIpc) is 2.96. The second-order valence-corrected chi connectivity index (χ2v) is 12.2. The summed E-state index contributed by atoms with van der Waals surface area (Å²) in [7, 11) is 0. The van der Waals surface area contributed by atoms with Crippen molar-refractivity contribution in [2.45, 2.75) is 153 Å². The maximum atomic E-state index is 13.9. The van der Waals surface area contributed by atoms with Crippen LogP contribution in [0.15, 0.2) is 24.3 Å². The smallest absolute Gasteiger partial charge is 0.254 e. The Labute approximate surface area is 231 Å². The Hall–Kier alpha value is -1.55. The van der Waals surface area contributed by atoms with E-state index in [1.165, 1.54) is 77.0 Å². The Morgan fingerprint density at radius 1 is 0.432 bits per heavy atom. The molecule has 0 saturated heterocycles. The summed E-state index contributed by atoms with van der Waals surface area (Å²) in [5, 5.41) is 0. The molecule has 0 aliphatic heterocycles. The molecule has 0 radical (unpaired) electrons. The minimum Gasteiger partial charge on any atom is -0.333 e. The summed E-state index contributed by atoms with van der Waals surface area (Å²) in [6.45, 7) is 0. The first-order valence-electron chi connectivity index (χ1n) is 15.5. The van der Waals surface area contributed by atoms with Gasteiger partial charge in [0.25, 0.3) is 11.8 Å². The minimum absolute atomic E-state index is 0. The van der Waals surface area contributed by atoms with E-state index in [9.17, 15) is 9.59 Å². The minimum atomic E-state index is 0. The highest BCUT2D eigenvalue weighted by molar-refractivity contribution is 5.98. The SMILES string of the molecule is Cl.O=C(c1ccc(C(=O)N(C2CCCCC2)C2CCCCC2)cc1)N(C1CCCCC1)C1CCCCC1. The van der Waals surface area contributed by atoms with Crippen LogP contribution in [-0.4, -0.2) is 45.8 Å². The number of nitrogens with zero attached hydrogens (tertiary/aromatic N) is 2. The van der Waals surface area contributed by atoms with Crippen LogP contribution in [0.2, 0.25) is 0 Å². The molecule has 0 atom stereocenters. The van der Waals surface area contributed by atoms with Crippen molar-refractivity contribution in [3.8, 4) is 0 Å². The van der Waals surface area contributed by atoms with Crippen LogP contribution < -0.4 is 0 Å². The van der Waals surface area contributed by atoms with Crippen LogP contribution in [0, 0.1) is 0 Å². The molecule has 5 heteroatoms. The van der Waals surface area contributed by atoms with Gasteiger partial charge in [-0.05, 0) is 75.6 Å². The van der Waals surface area contributed by atoms with Crippen molar-refractivity contribution < 1.29 is 9.59 Å². The maximum Gasteiger partial charge on any atom is 0.254 e. The van der Waals surface area contributed by atoms with E-state index >= 15 is 0 Å². The quantitative estimate of drug-likeness (QED) is 0.372. The summed E-state index contributed by atoms with van der Waals surface area (Å²) in [5.41, 5.74) is 1.54. The van der Waals surface area contributed by atoms with E-state index in [1.807, 2.05) is 24.3 Å². The monoisotopic (exact) mass is 528 g/mol. The molecule has 0 N–H and O–H groups in total. The van der Waals surface area contributed by atoms with Gasteiger partial charge < -0.3 is 9.80 Å². The van der Waals surface area contributed by atoms with Crippen LogP contribution >= 0.6 is 12.4 Å². The molecule has 4 saturated carbocycles. The molecular formula is C32H49ClN2O2. The summed E-state index contributed by atoms with van der Waals surface area (Å²) in [5.74, 6) is 0.397. The van der Waals surface area contributed by atoms with Crippen molar-refractivity contribution in [2.24, 2.45) is 0 Å². The summed E-state index contributed by atoms with van der Waals surface area (Å²) in [6, 6.07) is 9.38. The second kappa shape index (κ2) is 14.0. The van der Waals surface area contributed by atoms with Crippen LogP contribution in [0.25, 0.3) is 0 Å². The molecule has 1 aromatic rings. The molecule has 4 fully saturated rings. The van der Waals surface area contributed by atoms with E-state index in [1.54, 1.807) is 0 Å². The molecule has 0 unspecified atom stereocenters. The summed E-state index contributed by atoms with van der Waals surface area (Å²) < 4.78 is 0. The number of rotatable bonds is 6. The molecule has 206 valence electrons. The first-order chi connectivity index (χ1) is 17.7. The first-order valence-corrected chi connectivity index (χ1v) is 15.5. The lowest BCUT2D eigenvalue weighted by Gasteiger charge is -2.42. The molecule has 2 amide bonds. The Kier molecular flexibility index (Phi) is 10.8. The Balaban J connectivity index is 0.00000320. The van der Waals surface area contributed by atoms with Gasteiger partial charge in [-0.15, -0.1) is 12.4 Å². The number of carbonyl (C=O) groups excluding carboxylic acids is 2. The molecule has 0 heterocycles. The van der Waals surface area contributed by atoms with Crippen LogP contribution in [0.3, 0.4) is 0 Å². The molecule has 4 nitrogen and oxygen atoms in total. The normalized spacial score (nSPS) is 22.7. The molecule has 0 spiro atoms. The van der Waals surface area contributed by atoms with Gasteiger partial charge in [0.1, 0.15) is 0 Å². The molecule has 4 aliphatic rings. The van der Waals surface area contributed by atoms with E-state index < -0.39 is 0 Å². The number of carbonyl (C=O) groups is 2. The number of halogens is 1. The predicted molar refractivity (Wildman–Crippen MR) is 154 cm³/mol. The lowest BCUT2D eigenvalue weighted by molar-refractivity contribution is 0.0436. The first kappa shape index (κ1) is 28.5. The Morgan fingerprint density at radius 3 is 0.865 bits per heavy atom. The van der Waals surface area contributed by atoms with Crippen molar-refractivity contribution in [1.29, 1.82) is 0 Å². The van der Waals surface area contributed by atoms with Crippen LogP contribution in [0.4, 0.5) is 0 Å². The zero-order valence-electron chi connectivity index (χ0n) is 22.9. The zero-order valence-corrected chi connectivity index (χ0v) is 23.7. The molecule has 1 aromatic carbocycles. The fourth-order valence-electron chi connectivity index (χ4n) is 7.75. The predicted octanol–water partition coefficient (Wildman–Crippen LogP) is 8.32. The van der Waals surface area contributed by atoms with Crippen LogP contribution in [0.5, 0.6) is 0 Å². The Bertz CT molecular complexity index is 741. The maximum absolute atomic E-state index is 13.9. The molecule has 37 heavy (non-hydrogen) atoms. The highest BCUT2D eigenvalue weighted by atomic mass is 35.5. The molecule has 5 rings (SSSR count). The highest BCUT2D eigenvalue weighted by Gasteiger charge is 2.35. The molecule has 0 bridgehead atoms. The van der Waals surface area contributed by atoms with Gasteiger partial charge in [0.05, 0.1) is 0 Å². The number of hydrogen-bond donors (Lipinski definition) is 0. The van der Waals surface area contributed by atoms with Crippen molar-refractivity contribution >= 4 is 24.2 Å². The van der Waals surface area contributed by atoms with Gasteiger partial charge in [-0.25, -0.2) is 0 Å². The van der Waals surface area contributed by atoms with E-state index in [0.717, 1.165) is 62.5 Å². The summed E-state index contributed by atoms with van der Waals surface area (Å²) in [4.78, 5) is 32.3. The van der Waals surface area contributed by atoms with Gasteiger partial charge in [0, 0.05) is 35.3 Å². The number of benzene rings is 1. The van der Waals surface area contributed by atoms with Crippen molar-refractivity contribution in [3.05, 3.63) is 35.4 Å². The van der Waals surface area contributed by atoms with Crippen LogP contribution in [0.1, 0.15) is 149 Å².